The molecule has 0 aliphatic carbocycles. The number of carbonyl (C=O) groups is 2. The predicted molar refractivity (Wildman–Crippen MR) is 52.3 cm³/mol. The summed E-state index contributed by atoms with van der Waals surface area (Å²) in [7, 11) is 1.27. The number of carbonyl (C=O) groups excluding carboxylic acids is 2. The van der Waals surface area contributed by atoms with Crippen LogP contribution in [0.2, 0.25) is 0 Å². The molecule has 15 heavy (non-hydrogen) atoms. The molecule has 0 aliphatic heterocycles. The number of hydrogen-bond donors (Lipinski definition) is 2. The third-order valence-corrected chi connectivity index (χ3v) is 1.98. The van der Waals surface area contributed by atoms with Crippen LogP contribution in [0.1, 0.15) is 23.0 Å². The van der Waals surface area contributed by atoms with Gasteiger partial charge in [-0.1, -0.05) is 0 Å². The van der Waals surface area contributed by atoms with Crippen LogP contribution >= 0.6 is 0 Å². The molecule has 0 saturated carbocycles. The summed E-state index contributed by atoms with van der Waals surface area (Å²) in [6.45, 7) is 3.28. The van der Waals surface area contributed by atoms with Crippen LogP contribution in [0.4, 0.5) is 0 Å². The van der Waals surface area contributed by atoms with Gasteiger partial charge in [0.15, 0.2) is 0 Å². The first kappa shape index (κ1) is 11.2. The van der Waals surface area contributed by atoms with Crippen LogP contribution in [-0.2, 0) is 9.53 Å². The molecule has 1 atom stereocenters. The van der Waals surface area contributed by atoms with Crippen molar-refractivity contribution in [2.75, 3.05) is 7.11 Å². The minimum absolute atomic E-state index is 0.348. The Bertz CT molecular complexity index is 372. The molecule has 1 amide bonds. The van der Waals surface area contributed by atoms with Gasteiger partial charge in [-0.25, -0.2) is 4.79 Å². The van der Waals surface area contributed by atoms with Gasteiger partial charge in [-0.05, 0) is 13.8 Å². The number of hydrogen-bond acceptors (Lipinski definition) is 4. The highest BCUT2D eigenvalue weighted by Crippen LogP contribution is 2.02. The number of amides is 1. The Hall–Kier alpha value is -1.85. The molecule has 0 unspecified atom stereocenters. The molecule has 6 heteroatoms. The van der Waals surface area contributed by atoms with Crippen LogP contribution in [0.25, 0.3) is 0 Å². The molecule has 0 aliphatic rings. The fourth-order valence-corrected chi connectivity index (χ4v) is 1.09. The van der Waals surface area contributed by atoms with E-state index in [1.807, 2.05) is 0 Å². The van der Waals surface area contributed by atoms with Gasteiger partial charge in [-0.15, -0.1) is 0 Å². The topological polar surface area (TPSA) is 84.1 Å². The van der Waals surface area contributed by atoms with Gasteiger partial charge in [-0.2, -0.15) is 5.10 Å². The molecule has 1 rings (SSSR count). The van der Waals surface area contributed by atoms with Crippen molar-refractivity contribution >= 4 is 11.9 Å². The second-order valence-corrected chi connectivity index (χ2v) is 3.13. The van der Waals surface area contributed by atoms with E-state index in [0.717, 1.165) is 0 Å². The Morgan fingerprint density at radius 1 is 1.60 bits per heavy atom. The summed E-state index contributed by atoms with van der Waals surface area (Å²) >= 11 is 0. The van der Waals surface area contributed by atoms with E-state index < -0.39 is 12.0 Å². The van der Waals surface area contributed by atoms with E-state index in [2.05, 4.69) is 20.3 Å². The molecule has 0 aromatic carbocycles. The maximum atomic E-state index is 11.6. The van der Waals surface area contributed by atoms with Gasteiger partial charge in [0, 0.05) is 5.69 Å². The Morgan fingerprint density at radius 3 is 2.73 bits per heavy atom. The first-order valence-corrected chi connectivity index (χ1v) is 4.45. The Kier molecular flexibility index (Phi) is 3.43. The van der Waals surface area contributed by atoms with Gasteiger partial charge in [0.05, 0.1) is 18.9 Å². The zero-order valence-electron chi connectivity index (χ0n) is 8.83. The van der Waals surface area contributed by atoms with Crippen molar-refractivity contribution in [3.05, 3.63) is 17.5 Å². The highest BCUT2D eigenvalue weighted by Gasteiger charge is 2.18. The lowest BCUT2D eigenvalue weighted by atomic mass is 10.2. The Balaban J connectivity index is 2.64. The number of aryl methyl sites for hydroxylation is 1. The zero-order chi connectivity index (χ0) is 11.4. The van der Waals surface area contributed by atoms with Crippen molar-refractivity contribution in [3.63, 3.8) is 0 Å². The number of aromatic nitrogens is 2. The average Bonchev–Trinajstić information content (AvgIpc) is 2.63. The SMILES string of the molecule is COC(=O)[C@H](C)NC(=O)c1cn[nH]c1C. The first-order chi connectivity index (χ1) is 7.06. The fourth-order valence-electron chi connectivity index (χ4n) is 1.09. The van der Waals surface area contributed by atoms with Crippen LogP contribution in [0.3, 0.4) is 0 Å². The van der Waals surface area contributed by atoms with Gasteiger partial charge < -0.3 is 10.1 Å². The van der Waals surface area contributed by atoms with Gasteiger partial charge >= 0.3 is 5.97 Å². The van der Waals surface area contributed by atoms with Crippen molar-refractivity contribution in [1.29, 1.82) is 0 Å². The van der Waals surface area contributed by atoms with Crippen LogP contribution in [0, 0.1) is 6.92 Å². The molecule has 0 radical (unpaired) electrons. The number of nitrogens with zero attached hydrogens (tertiary/aromatic N) is 1. The second kappa shape index (κ2) is 4.59. The van der Waals surface area contributed by atoms with Crippen molar-refractivity contribution in [3.8, 4) is 0 Å². The second-order valence-electron chi connectivity index (χ2n) is 3.13. The lowest BCUT2D eigenvalue weighted by Crippen LogP contribution is -2.39. The number of rotatable bonds is 3. The molecule has 0 bridgehead atoms. The van der Waals surface area contributed by atoms with E-state index >= 15 is 0 Å². The molecular weight excluding hydrogens is 198 g/mol. The maximum Gasteiger partial charge on any atom is 0.328 e. The van der Waals surface area contributed by atoms with Gasteiger partial charge in [0.2, 0.25) is 0 Å². The summed E-state index contributed by atoms with van der Waals surface area (Å²) in [6, 6.07) is -0.670. The molecule has 1 heterocycles. The maximum absolute atomic E-state index is 11.6. The molecule has 0 fully saturated rings. The zero-order valence-corrected chi connectivity index (χ0v) is 8.83. The highest BCUT2D eigenvalue weighted by atomic mass is 16.5. The summed E-state index contributed by atoms with van der Waals surface area (Å²) in [5.41, 5.74) is 1.08. The summed E-state index contributed by atoms with van der Waals surface area (Å²) in [5.74, 6) is -0.830. The predicted octanol–water partition coefficient (Wildman–Crippen LogP) is 0.00942. The van der Waals surface area contributed by atoms with Crippen LogP contribution in [0.5, 0.6) is 0 Å². The third kappa shape index (κ3) is 2.55. The monoisotopic (exact) mass is 211 g/mol. The van der Waals surface area contributed by atoms with Gasteiger partial charge in [-0.3, -0.25) is 9.89 Å². The number of aromatic amines is 1. The lowest BCUT2D eigenvalue weighted by molar-refractivity contribution is -0.142. The van der Waals surface area contributed by atoms with Crippen molar-refractivity contribution in [2.45, 2.75) is 19.9 Å². The van der Waals surface area contributed by atoms with E-state index in [9.17, 15) is 9.59 Å². The molecule has 0 spiro atoms. The van der Waals surface area contributed by atoms with Crippen LogP contribution < -0.4 is 5.32 Å². The van der Waals surface area contributed by atoms with E-state index in [1.54, 1.807) is 13.8 Å². The summed E-state index contributed by atoms with van der Waals surface area (Å²) < 4.78 is 4.48. The van der Waals surface area contributed by atoms with Gasteiger partial charge in [0.25, 0.3) is 5.91 Å². The third-order valence-electron chi connectivity index (χ3n) is 1.98. The minimum Gasteiger partial charge on any atom is -0.467 e. The average molecular weight is 211 g/mol. The Morgan fingerprint density at radius 2 is 2.27 bits per heavy atom. The summed E-state index contributed by atoms with van der Waals surface area (Å²) in [5, 5.41) is 8.85. The quantitative estimate of drug-likeness (QED) is 0.690. The normalized spacial score (nSPS) is 11.9. The fraction of sp³-hybridized carbons (Fsp3) is 0.444. The van der Waals surface area contributed by atoms with Crippen LogP contribution in [0.15, 0.2) is 6.20 Å². The van der Waals surface area contributed by atoms with Crippen molar-refractivity contribution < 1.29 is 14.3 Å². The number of esters is 1. The van der Waals surface area contributed by atoms with Crippen molar-refractivity contribution in [1.82, 2.24) is 15.5 Å². The molecule has 6 nitrogen and oxygen atoms in total. The van der Waals surface area contributed by atoms with E-state index in [-0.39, 0.29) is 5.91 Å². The smallest absolute Gasteiger partial charge is 0.328 e. The lowest BCUT2D eigenvalue weighted by Gasteiger charge is -2.10. The number of nitrogens with one attached hydrogen (secondary N) is 2. The standard InChI is InChI=1S/C9H13N3O3/c1-5-7(4-10-12-5)8(13)11-6(2)9(14)15-3/h4,6H,1-3H3,(H,10,12)(H,11,13)/t6-/m0/s1. The molecule has 2 N–H and O–H groups in total. The van der Waals surface area contributed by atoms with E-state index in [0.29, 0.717) is 11.3 Å². The Labute approximate surface area is 87.0 Å². The first-order valence-electron chi connectivity index (χ1n) is 4.45. The van der Waals surface area contributed by atoms with Gasteiger partial charge in [0.1, 0.15) is 6.04 Å². The molecule has 1 aromatic rings. The van der Waals surface area contributed by atoms with Crippen molar-refractivity contribution in [2.24, 2.45) is 0 Å². The minimum atomic E-state index is -0.670. The molecule has 82 valence electrons. The molecule has 1 aromatic heterocycles. The largest absolute Gasteiger partial charge is 0.467 e. The number of ether oxygens (including phenoxy) is 1. The molecule has 0 saturated heterocycles. The number of H-pyrrole nitrogens is 1. The summed E-state index contributed by atoms with van der Waals surface area (Å²) in [6.07, 6.45) is 1.41. The van der Waals surface area contributed by atoms with E-state index in [1.165, 1.54) is 13.3 Å². The van der Waals surface area contributed by atoms with E-state index in [4.69, 9.17) is 0 Å². The van der Waals surface area contributed by atoms with Crippen LogP contribution in [-0.4, -0.2) is 35.2 Å². The molecular formula is C9H13N3O3. The number of methoxy groups -OCH3 is 1. The highest BCUT2D eigenvalue weighted by molar-refractivity contribution is 5.97. The summed E-state index contributed by atoms with van der Waals surface area (Å²) in [4.78, 5) is 22.6.